The fourth-order valence-electron chi connectivity index (χ4n) is 3.31. The van der Waals surface area contributed by atoms with Gasteiger partial charge in [-0.15, -0.1) is 0 Å². The van der Waals surface area contributed by atoms with Crippen LogP contribution in [-0.2, 0) is 4.79 Å². The fraction of sp³-hybridized carbons (Fsp3) is 0.364. The van der Waals surface area contributed by atoms with Crippen molar-refractivity contribution in [3.63, 3.8) is 0 Å². The van der Waals surface area contributed by atoms with Crippen molar-refractivity contribution in [2.45, 2.75) is 6.42 Å². The van der Waals surface area contributed by atoms with Gasteiger partial charge >= 0.3 is 0 Å². The van der Waals surface area contributed by atoms with Crippen LogP contribution in [0.5, 0.6) is 0 Å². The average Bonchev–Trinajstić information content (AvgIpc) is 2.76. The molecular formula is C22H28N4O2. The Morgan fingerprint density at radius 2 is 1.46 bits per heavy atom. The van der Waals surface area contributed by atoms with Crippen LogP contribution in [0.2, 0.25) is 0 Å². The Hall–Kier alpha value is -2.86. The molecule has 1 fully saturated rings. The van der Waals surface area contributed by atoms with E-state index in [1.54, 1.807) is 24.3 Å². The lowest BCUT2D eigenvalue weighted by molar-refractivity contribution is -0.120. The number of benzene rings is 2. The molecule has 6 nitrogen and oxygen atoms in total. The highest BCUT2D eigenvalue weighted by Gasteiger charge is 2.16. The Morgan fingerprint density at radius 1 is 0.821 bits per heavy atom. The summed E-state index contributed by atoms with van der Waals surface area (Å²) in [5, 5.41) is 5.52. The Labute approximate surface area is 166 Å². The van der Waals surface area contributed by atoms with E-state index < -0.39 is 0 Å². The number of hydrogen-bond donors (Lipinski definition) is 2. The maximum atomic E-state index is 11.9. The van der Waals surface area contributed by atoms with Gasteiger partial charge in [-0.25, -0.2) is 0 Å². The molecule has 6 heteroatoms. The summed E-state index contributed by atoms with van der Waals surface area (Å²) >= 11 is 0. The molecule has 28 heavy (non-hydrogen) atoms. The van der Waals surface area contributed by atoms with Crippen LogP contribution >= 0.6 is 0 Å². The van der Waals surface area contributed by atoms with Crippen LogP contribution in [0.3, 0.4) is 0 Å². The average molecular weight is 380 g/mol. The molecule has 0 unspecified atom stereocenters. The van der Waals surface area contributed by atoms with Crippen molar-refractivity contribution in [2.24, 2.45) is 0 Å². The molecule has 0 spiro atoms. The predicted octanol–water partition coefficient (Wildman–Crippen LogP) is 1.74. The van der Waals surface area contributed by atoms with Crippen LogP contribution in [-0.4, -0.2) is 62.5 Å². The topological polar surface area (TPSA) is 64.7 Å². The van der Waals surface area contributed by atoms with E-state index in [-0.39, 0.29) is 18.4 Å². The van der Waals surface area contributed by atoms with Crippen LogP contribution in [0.1, 0.15) is 16.8 Å². The van der Waals surface area contributed by atoms with Crippen molar-refractivity contribution >= 4 is 17.5 Å². The number of anilines is 1. The van der Waals surface area contributed by atoms with E-state index in [0.29, 0.717) is 12.1 Å². The maximum Gasteiger partial charge on any atom is 0.251 e. The Morgan fingerprint density at radius 3 is 2.14 bits per heavy atom. The highest BCUT2D eigenvalue weighted by Crippen LogP contribution is 2.15. The molecule has 3 rings (SSSR count). The molecule has 0 aromatic heterocycles. The molecule has 0 saturated carbocycles. The minimum Gasteiger partial charge on any atom is -0.369 e. The molecule has 2 N–H and O–H groups in total. The van der Waals surface area contributed by atoms with Gasteiger partial charge in [-0.3, -0.25) is 14.5 Å². The molecule has 148 valence electrons. The summed E-state index contributed by atoms with van der Waals surface area (Å²) < 4.78 is 0. The number of para-hydroxylation sites is 1. The second-order valence-electron chi connectivity index (χ2n) is 6.92. The molecule has 1 saturated heterocycles. The quantitative estimate of drug-likeness (QED) is 0.685. The monoisotopic (exact) mass is 380 g/mol. The summed E-state index contributed by atoms with van der Waals surface area (Å²) in [7, 11) is 0. The Kier molecular flexibility index (Phi) is 7.44. The summed E-state index contributed by atoms with van der Waals surface area (Å²) in [5.74, 6) is -0.384. The van der Waals surface area contributed by atoms with Crippen molar-refractivity contribution in [1.29, 1.82) is 0 Å². The van der Waals surface area contributed by atoms with Gasteiger partial charge in [-0.1, -0.05) is 36.4 Å². The van der Waals surface area contributed by atoms with E-state index in [9.17, 15) is 9.59 Å². The van der Waals surface area contributed by atoms with Gasteiger partial charge < -0.3 is 15.5 Å². The zero-order valence-electron chi connectivity index (χ0n) is 16.1. The molecule has 0 atom stereocenters. The van der Waals surface area contributed by atoms with Crippen LogP contribution < -0.4 is 15.5 Å². The van der Waals surface area contributed by atoms with Crippen molar-refractivity contribution in [3.8, 4) is 0 Å². The molecule has 2 aromatic rings. The lowest BCUT2D eigenvalue weighted by Crippen LogP contribution is -2.47. The summed E-state index contributed by atoms with van der Waals surface area (Å²) in [4.78, 5) is 28.6. The Bertz CT molecular complexity index is 744. The van der Waals surface area contributed by atoms with Gasteiger partial charge in [0, 0.05) is 44.0 Å². The first-order chi connectivity index (χ1) is 13.7. The van der Waals surface area contributed by atoms with Crippen molar-refractivity contribution in [3.05, 3.63) is 66.2 Å². The van der Waals surface area contributed by atoms with Gasteiger partial charge in [-0.2, -0.15) is 0 Å². The molecule has 0 radical (unpaired) electrons. The minimum absolute atomic E-state index is 0.00345. The smallest absolute Gasteiger partial charge is 0.251 e. The normalized spacial score (nSPS) is 14.5. The van der Waals surface area contributed by atoms with Crippen LogP contribution in [0, 0.1) is 0 Å². The highest BCUT2D eigenvalue weighted by molar-refractivity contribution is 5.96. The van der Waals surface area contributed by atoms with Crippen molar-refractivity contribution in [1.82, 2.24) is 15.5 Å². The third-order valence-corrected chi connectivity index (χ3v) is 4.91. The number of carbonyl (C=O) groups excluding carboxylic acids is 2. The first-order valence-corrected chi connectivity index (χ1v) is 9.85. The zero-order chi connectivity index (χ0) is 19.6. The third kappa shape index (κ3) is 6.09. The third-order valence-electron chi connectivity index (χ3n) is 4.91. The molecule has 2 aromatic carbocycles. The van der Waals surface area contributed by atoms with E-state index in [4.69, 9.17) is 0 Å². The summed E-state index contributed by atoms with van der Waals surface area (Å²) in [6.07, 6.45) is 0.906. The number of amides is 2. The molecular weight excluding hydrogens is 352 g/mol. The van der Waals surface area contributed by atoms with E-state index in [1.807, 2.05) is 12.1 Å². The SMILES string of the molecule is O=C(CNC(=O)c1ccccc1)NCCCN1CCN(c2ccccc2)CC1. The number of rotatable bonds is 8. The van der Waals surface area contributed by atoms with Crippen molar-refractivity contribution in [2.75, 3.05) is 50.7 Å². The van der Waals surface area contributed by atoms with Gasteiger partial charge in [0.25, 0.3) is 5.91 Å². The standard InChI is InChI=1S/C22H28N4O2/c27-21(18-24-22(28)19-8-3-1-4-9-19)23-12-7-13-25-14-16-26(17-15-25)20-10-5-2-6-11-20/h1-6,8-11H,7,12-18H2,(H,23,27)(H,24,28). The predicted molar refractivity (Wildman–Crippen MR) is 111 cm³/mol. The van der Waals surface area contributed by atoms with Crippen LogP contribution in [0.4, 0.5) is 5.69 Å². The fourth-order valence-corrected chi connectivity index (χ4v) is 3.31. The molecule has 0 aliphatic carbocycles. The lowest BCUT2D eigenvalue weighted by atomic mass is 10.2. The van der Waals surface area contributed by atoms with Gasteiger partial charge in [0.15, 0.2) is 0 Å². The molecule has 1 aliphatic rings. The van der Waals surface area contributed by atoms with Gasteiger partial charge in [-0.05, 0) is 37.2 Å². The second-order valence-corrected chi connectivity index (χ2v) is 6.92. The van der Waals surface area contributed by atoms with E-state index in [2.05, 4.69) is 44.7 Å². The Balaban J connectivity index is 1.26. The zero-order valence-corrected chi connectivity index (χ0v) is 16.1. The van der Waals surface area contributed by atoms with Gasteiger partial charge in [0.05, 0.1) is 6.54 Å². The van der Waals surface area contributed by atoms with E-state index in [0.717, 1.165) is 39.1 Å². The molecule has 2 amide bonds. The van der Waals surface area contributed by atoms with E-state index in [1.165, 1.54) is 5.69 Å². The van der Waals surface area contributed by atoms with Crippen LogP contribution in [0.15, 0.2) is 60.7 Å². The van der Waals surface area contributed by atoms with Gasteiger partial charge in [0.2, 0.25) is 5.91 Å². The molecule has 1 heterocycles. The molecule has 0 bridgehead atoms. The summed E-state index contributed by atoms with van der Waals surface area (Å²) in [5.41, 5.74) is 1.84. The second kappa shape index (κ2) is 10.5. The first-order valence-electron chi connectivity index (χ1n) is 9.85. The summed E-state index contributed by atoms with van der Waals surface area (Å²) in [6.45, 7) is 5.73. The van der Waals surface area contributed by atoms with Gasteiger partial charge in [0.1, 0.15) is 0 Å². The maximum absolute atomic E-state index is 11.9. The number of hydrogen-bond acceptors (Lipinski definition) is 4. The van der Waals surface area contributed by atoms with Crippen molar-refractivity contribution < 1.29 is 9.59 Å². The summed E-state index contributed by atoms with van der Waals surface area (Å²) in [6, 6.07) is 19.4. The first kappa shape index (κ1) is 19.9. The number of carbonyl (C=O) groups is 2. The lowest BCUT2D eigenvalue weighted by Gasteiger charge is -2.36. The largest absolute Gasteiger partial charge is 0.369 e. The highest BCUT2D eigenvalue weighted by atomic mass is 16.2. The van der Waals surface area contributed by atoms with Crippen LogP contribution in [0.25, 0.3) is 0 Å². The number of piperazine rings is 1. The van der Waals surface area contributed by atoms with E-state index >= 15 is 0 Å². The minimum atomic E-state index is -0.230. The number of nitrogens with zero attached hydrogens (tertiary/aromatic N) is 2. The molecule has 1 aliphatic heterocycles. The number of nitrogens with one attached hydrogen (secondary N) is 2.